The lowest BCUT2D eigenvalue weighted by molar-refractivity contribution is 0.712. The van der Waals surface area contributed by atoms with Gasteiger partial charge in [-0.25, -0.2) is 4.68 Å². The van der Waals surface area contributed by atoms with E-state index < -0.39 is 0 Å². The number of nitrogens with zero attached hydrogens (tertiary/aromatic N) is 3. The van der Waals surface area contributed by atoms with Crippen LogP contribution in [-0.4, -0.2) is 14.9 Å². The number of hydrogen-bond donors (Lipinski definition) is 3. The van der Waals surface area contributed by atoms with Crippen LogP contribution >= 0.6 is 0 Å². The fraction of sp³-hybridized carbons (Fsp3) is 0.200. The molecule has 2 aromatic rings. The van der Waals surface area contributed by atoms with E-state index in [1.807, 2.05) is 18.2 Å². The summed E-state index contributed by atoms with van der Waals surface area (Å²) in [5.74, 6) is 6.63. The Hall–Kier alpha value is -2.24. The summed E-state index contributed by atoms with van der Waals surface area (Å²) in [5, 5.41) is 11.1. The van der Waals surface area contributed by atoms with Crippen molar-refractivity contribution in [2.24, 2.45) is 0 Å². The number of benzene rings is 1. The van der Waals surface area contributed by atoms with E-state index in [1.54, 1.807) is 0 Å². The molecule has 0 radical (unpaired) electrons. The van der Waals surface area contributed by atoms with Gasteiger partial charge in [-0.3, -0.25) is 0 Å². The Bertz CT molecular complexity index is 507. The first-order valence-electron chi connectivity index (χ1n) is 5.06. The van der Waals surface area contributed by atoms with E-state index >= 15 is 0 Å². The minimum atomic E-state index is 0.0483. The molecule has 1 aliphatic heterocycles. The highest BCUT2D eigenvalue weighted by Crippen LogP contribution is 2.32. The van der Waals surface area contributed by atoms with Gasteiger partial charge in [0.25, 0.3) is 0 Å². The van der Waals surface area contributed by atoms with Crippen molar-refractivity contribution in [2.45, 2.75) is 12.5 Å². The van der Waals surface area contributed by atoms with Crippen LogP contribution in [0.2, 0.25) is 0 Å². The van der Waals surface area contributed by atoms with E-state index in [9.17, 15) is 0 Å². The van der Waals surface area contributed by atoms with E-state index in [2.05, 4.69) is 21.6 Å². The third-order valence-corrected chi connectivity index (χ3v) is 2.83. The van der Waals surface area contributed by atoms with Gasteiger partial charge < -0.3 is 16.9 Å². The topological polar surface area (TPSA) is 94.8 Å². The normalized spacial score (nSPS) is 18.1. The predicted molar refractivity (Wildman–Crippen MR) is 61.1 cm³/mol. The monoisotopic (exact) mass is 216 g/mol. The number of anilines is 2. The van der Waals surface area contributed by atoms with Gasteiger partial charge in [-0.05, 0) is 11.6 Å². The number of fused-ring (bicyclic) bond motifs is 1. The summed E-state index contributed by atoms with van der Waals surface area (Å²) in [5.41, 5.74) is 7.93. The molecule has 2 heterocycles. The van der Waals surface area contributed by atoms with Gasteiger partial charge in [0, 0.05) is 12.1 Å². The quantitative estimate of drug-likeness (QED) is 0.595. The number of para-hydroxylation sites is 1. The third-order valence-electron chi connectivity index (χ3n) is 2.83. The standard InChI is InChI=1S/C10H12N6/c11-10-15-14-9(16(10)12)8-5-6-3-1-2-4-7(6)13-8/h1-4,8,13H,5,12H2,(H2,11,15). The van der Waals surface area contributed by atoms with Crippen LogP contribution in [0.5, 0.6) is 0 Å². The number of rotatable bonds is 1. The van der Waals surface area contributed by atoms with Gasteiger partial charge in [0.15, 0.2) is 5.82 Å². The molecule has 0 saturated heterocycles. The second-order valence-electron chi connectivity index (χ2n) is 3.84. The van der Waals surface area contributed by atoms with Gasteiger partial charge in [0.05, 0.1) is 6.04 Å². The fourth-order valence-electron chi connectivity index (χ4n) is 2.01. The predicted octanol–water partition coefficient (Wildman–Crippen LogP) is 0.283. The van der Waals surface area contributed by atoms with Crippen molar-refractivity contribution in [3.05, 3.63) is 35.7 Å². The molecule has 3 rings (SSSR count). The van der Waals surface area contributed by atoms with Crippen LogP contribution in [0.3, 0.4) is 0 Å². The smallest absolute Gasteiger partial charge is 0.240 e. The molecule has 1 aliphatic rings. The molecule has 0 bridgehead atoms. The van der Waals surface area contributed by atoms with E-state index in [1.165, 1.54) is 10.2 Å². The molecule has 5 N–H and O–H groups in total. The van der Waals surface area contributed by atoms with Crippen LogP contribution in [-0.2, 0) is 6.42 Å². The summed E-state index contributed by atoms with van der Waals surface area (Å²) < 4.78 is 1.32. The lowest BCUT2D eigenvalue weighted by atomic mass is 10.1. The van der Waals surface area contributed by atoms with Gasteiger partial charge >= 0.3 is 0 Å². The van der Waals surface area contributed by atoms with Crippen LogP contribution in [0.4, 0.5) is 11.6 Å². The largest absolute Gasteiger partial charge is 0.375 e. The second-order valence-corrected chi connectivity index (χ2v) is 3.84. The van der Waals surface area contributed by atoms with Gasteiger partial charge in [-0.2, -0.15) is 0 Å². The molecule has 1 atom stereocenters. The highest BCUT2D eigenvalue weighted by atomic mass is 15.5. The Kier molecular flexibility index (Phi) is 1.76. The molecule has 0 spiro atoms. The van der Waals surface area contributed by atoms with Crippen LogP contribution in [0, 0.1) is 0 Å². The lowest BCUT2D eigenvalue weighted by Crippen LogP contribution is -2.20. The second kappa shape index (κ2) is 3.13. The van der Waals surface area contributed by atoms with Crippen LogP contribution < -0.4 is 16.9 Å². The Morgan fingerprint density at radius 2 is 2.12 bits per heavy atom. The molecule has 0 aliphatic carbocycles. The van der Waals surface area contributed by atoms with E-state index in [0.717, 1.165) is 12.1 Å². The van der Waals surface area contributed by atoms with Crippen molar-refractivity contribution in [1.29, 1.82) is 0 Å². The maximum atomic E-state index is 5.74. The number of nitrogens with two attached hydrogens (primary N) is 2. The maximum absolute atomic E-state index is 5.74. The van der Waals surface area contributed by atoms with Gasteiger partial charge in [0.2, 0.25) is 5.95 Å². The van der Waals surface area contributed by atoms with Crippen molar-refractivity contribution in [3.8, 4) is 0 Å². The van der Waals surface area contributed by atoms with Gasteiger partial charge in [-0.1, -0.05) is 18.2 Å². The van der Waals surface area contributed by atoms with Crippen molar-refractivity contribution in [1.82, 2.24) is 14.9 Å². The minimum absolute atomic E-state index is 0.0483. The molecule has 1 unspecified atom stereocenters. The Morgan fingerprint density at radius 1 is 1.31 bits per heavy atom. The average Bonchev–Trinajstić information content (AvgIpc) is 2.84. The zero-order chi connectivity index (χ0) is 11.1. The zero-order valence-corrected chi connectivity index (χ0v) is 8.59. The summed E-state index contributed by atoms with van der Waals surface area (Å²) in [4.78, 5) is 0. The summed E-state index contributed by atoms with van der Waals surface area (Å²) in [6.45, 7) is 0. The number of aromatic nitrogens is 3. The Morgan fingerprint density at radius 3 is 2.81 bits per heavy atom. The molecule has 16 heavy (non-hydrogen) atoms. The number of hydrogen-bond acceptors (Lipinski definition) is 5. The Balaban J connectivity index is 1.94. The van der Waals surface area contributed by atoms with E-state index in [4.69, 9.17) is 11.6 Å². The molecule has 6 heteroatoms. The average molecular weight is 216 g/mol. The van der Waals surface area contributed by atoms with Crippen molar-refractivity contribution in [2.75, 3.05) is 16.9 Å². The fourth-order valence-corrected chi connectivity index (χ4v) is 2.01. The maximum Gasteiger partial charge on any atom is 0.240 e. The summed E-state index contributed by atoms with van der Waals surface area (Å²) in [6.07, 6.45) is 0.853. The molecular weight excluding hydrogens is 204 g/mol. The molecule has 0 saturated carbocycles. The lowest BCUT2D eigenvalue weighted by Gasteiger charge is -2.09. The highest BCUT2D eigenvalue weighted by molar-refractivity contribution is 5.57. The third kappa shape index (κ3) is 1.19. The molecule has 1 aromatic carbocycles. The molecule has 0 fully saturated rings. The first-order valence-corrected chi connectivity index (χ1v) is 5.06. The molecule has 0 amide bonds. The van der Waals surface area contributed by atoms with Crippen LogP contribution in [0.15, 0.2) is 24.3 Å². The Labute approximate surface area is 92.2 Å². The van der Waals surface area contributed by atoms with Crippen molar-refractivity contribution in [3.63, 3.8) is 0 Å². The summed E-state index contributed by atoms with van der Waals surface area (Å²) in [7, 11) is 0. The summed E-state index contributed by atoms with van der Waals surface area (Å²) in [6, 6.07) is 8.19. The molecular formula is C10H12N6. The zero-order valence-electron chi connectivity index (χ0n) is 8.59. The van der Waals surface area contributed by atoms with E-state index in [-0.39, 0.29) is 12.0 Å². The highest BCUT2D eigenvalue weighted by Gasteiger charge is 2.26. The number of nitrogen functional groups attached to an aromatic ring is 2. The minimum Gasteiger partial charge on any atom is -0.375 e. The molecule has 82 valence electrons. The van der Waals surface area contributed by atoms with Gasteiger partial charge in [0.1, 0.15) is 0 Å². The summed E-state index contributed by atoms with van der Waals surface area (Å²) >= 11 is 0. The van der Waals surface area contributed by atoms with Crippen LogP contribution in [0.1, 0.15) is 17.4 Å². The van der Waals surface area contributed by atoms with E-state index in [0.29, 0.717) is 5.82 Å². The molecule has 1 aromatic heterocycles. The van der Waals surface area contributed by atoms with Gasteiger partial charge in [-0.15, -0.1) is 10.2 Å². The first-order chi connectivity index (χ1) is 7.75. The first kappa shape index (κ1) is 9.02. The van der Waals surface area contributed by atoms with Crippen molar-refractivity contribution < 1.29 is 0 Å². The SMILES string of the molecule is Nc1nnc(C2Cc3ccccc3N2)n1N. The number of nitrogens with one attached hydrogen (secondary N) is 1. The van der Waals surface area contributed by atoms with Crippen LogP contribution in [0.25, 0.3) is 0 Å². The van der Waals surface area contributed by atoms with Crippen molar-refractivity contribution >= 4 is 11.6 Å². The molecule has 6 nitrogen and oxygen atoms in total.